The summed E-state index contributed by atoms with van der Waals surface area (Å²) in [7, 11) is 0. The van der Waals surface area contributed by atoms with E-state index in [2.05, 4.69) is 0 Å². The molecule has 2 aliphatic rings. The van der Waals surface area contributed by atoms with E-state index in [9.17, 15) is 0 Å². The fraction of sp³-hybridized carbons (Fsp3) is 1.00. The molecule has 8 heavy (non-hydrogen) atoms. The molecule has 0 aromatic carbocycles. The van der Waals surface area contributed by atoms with E-state index in [0.717, 1.165) is 13.1 Å². The summed E-state index contributed by atoms with van der Waals surface area (Å²) in [6.07, 6.45) is 0. The lowest BCUT2D eigenvalue weighted by molar-refractivity contribution is 0.0300. The Morgan fingerprint density at radius 1 is 1.38 bits per heavy atom. The highest BCUT2D eigenvalue weighted by molar-refractivity contribution is 8.00. The molecule has 0 amide bonds. The number of thioether (sulfide) groups is 1. The highest BCUT2D eigenvalue weighted by atomic mass is 32.2. The van der Waals surface area contributed by atoms with Crippen LogP contribution in [0.3, 0.4) is 0 Å². The maximum absolute atomic E-state index is 5.49. The van der Waals surface area contributed by atoms with E-state index in [0.29, 0.717) is 5.41 Å². The molecule has 3 heteroatoms. The van der Waals surface area contributed by atoms with Gasteiger partial charge in [0, 0.05) is 30.0 Å². The second-order valence-electron chi connectivity index (χ2n) is 2.90. The van der Waals surface area contributed by atoms with Crippen LogP contribution in [0.15, 0.2) is 0 Å². The number of hydrogen-bond donors (Lipinski definition) is 1. The van der Waals surface area contributed by atoms with Gasteiger partial charge in [-0.1, -0.05) is 0 Å². The Morgan fingerprint density at radius 3 is 2.12 bits per heavy atom. The summed E-state index contributed by atoms with van der Waals surface area (Å²) in [6.45, 7) is 2.28. The van der Waals surface area contributed by atoms with E-state index < -0.39 is 0 Å². The Labute approximate surface area is 53.4 Å². The largest absolute Gasteiger partial charge is 0.269 e. The van der Waals surface area contributed by atoms with Crippen LogP contribution >= 0.6 is 11.8 Å². The predicted octanol–water partition coefficient (Wildman–Crippen LogP) is -0.0911. The smallest absolute Gasteiger partial charge is 0.0214 e. The second-order valence-corrected chi connectivity index (χ2v) is 3.88. The zero-order valence-electron chi connectivity index (χ0n) is 4.76. The van der Waals surface area contributed by atoms with Crippen molar-refractivity contribution in [3.8, 4) is 0 Å². The number of hydrogen-bond acceptors (Lipinski definition) is 3. The van der Waals surface area contributed by atoms with Crippen LogP contribution in [0.5, 0.6) is 0 Å². The molecule has 2 heterocycles. The summed E-state index contributed by atoms with van der Waals surface area (Å²) in [5.41, 5.74) is 0.680. The van der Waals surface area contributed by atoms with E-state index >= 15 is 0 Å². The maximum atomic E-state index is 5.49. The summed E-state index contributed by atoms with van der Waals surface area (Å²) in [6, 6.07) is 0. The van der Waals surface area contributed by atoms with E-state index in [1.807, 2.05) is 16.8 Å². The van der Waals surface area contributed by atoms with Crippen LogP contribution in [0.1, 0.15) is 0 Å². The molecule has 2 fully saturated rings. The van der Waals surface area contributed by atoms with Crippen molar-refractivity contribution in [1.29, 1.82) is 0 Å². The minimum atomic E-state index is 0.680. The zero-order chi connectivity index (χ0) is 5.61. The highest BCUT2D eigenvalue weighted by Gasteiger charge is 2.46. The van der Waals surface area contributed by atoms with Crippen molar-refractivity contribution < 1.29 is 0 Å². The number of hydrazine groups is 1. The van der Waals surface area contributed by atoms with Gasteiger partial charge in [-0.2, -0.15) is 11.8 Å². The third-order valence-corrected chi connectivity index (χ3v) is 3.53. The van der Waals surface area contributed by atoms with Gasteiger partial charge in [0.15, 0.2) is 0 Å². The van der Waals surface area contributed by atoms with Crippen LogP contribution in [0.25, 0.3) is 0 Å². The molecule has 46 valence electrons. The summed E-state index contributed by atoms with van der Waals surface area (Å²) in [4.78, 5) is 0. The lowest BCUT2D eigenvalue weighted by Gasteiger charge is -2.53. The molecule has 0 saturated carbocycles. The SMILES string of the molecule is NN1CC2(CSC2)C1. The Bertz CT molecular complexity index is 103. The molecule has 0 radical (unpaired) electrons. The number of nitrogens with zero attached hydrogens (tertiary/aromatic N) is 1. The predicted molar refractivity (Wildman–Crippen MR) is 35.5 cm³/mol. The molecule has 2 saturated heterocycles. The van der Waals surface area contributed by atoms with Gasteiger partial charge >= 0.3 is 0 Å². The quantitative estimate of drug-likeness (QED) is 0.465. The van der Waals surface area contributed by atoms with Crippen molar-refractivity contribution in [2.45, 2.75) is 0 Å². The Kier molecular flexibility index (Phi) is 0.892. The minimum absolute atomic E-state index is 0.680. The molecule has 2 N–H and O–H groups in total. The molecule has 0 atom stereocenters. The van der Waals surface area contributed by atoms with Crippen LogP contribution in [0.2, 0.25) is 0 Å². The molecular formula is C5H10N2S. The standard InChI is InChI=1S/C5H10N2S/c6-7-1-5(2-7)3-8-4-5/h1-4,6H2. The molecule has 1 spiro atoms. The molecule has 0 aliphatic carbocycles. The van der Waals surface area contributed by atoms with Gasteiger partial charge in [0.25, 0.3) is 0 Å². The van der Waals surface area contributed by atoms with Crippen LogP contribution in [0, 0.1) is 5.41 Å². The van der Waals surface area contributed by atoms with E-state index in [1.54, 1.807) is 0 Å². The molecule has 0 aromatic heterocycles. The van der Waals surface area contributed by atoms with Crippen molar-refractivity contribution >= 4 is 11.8 Å². The monoisotopic (exact) mass is 130 g/mol. The number of nitrogens with two attached hydrogens (primary N) is 1. The average molecular weight is 130 g/mol. The summed E-state index contributed by atoms with van der Waals surface area (Å²) in [5.74, 6) is 8.18. The van der Waals surface area contributed by atoms with Gasteiger partial charge in [-0.05, 0) is 0 Å². The van der Waals surface area contributed by atoms with Gasteiger partial charge in [0.2, 0.25) is 0 Å². The first-order valence-corrected chi connectivity index (χ1v) is 4.04. The Balaban J connectivity index is 1.92. The first kappa shape index (κ1) is 5.09. The normalized spacial score (nSPS) is 34.1. The van der Waals surface area contributed by atoms with Crippen molar-refractivity contribution in [3.63, 3.8) is 0 Å². The molecule has 2 aliphatic heterocycles. The molecule has 2 nitrogen and oxygen atoms in total. The second kappa shape index (κ2) is 1.40. The zero-order valence-corrected chi connectivity index (χ0v) is 5.58. The highest BCUT2D eigenvalue weighted by Crippen LogP contribution is 2.43. The van der Waals surface area contributed by atoms with Gasteiger partial charge in [0.05, 0.1) is 0 Å². The van der Waals surface area contributed by atoms with Gasteiger partial charge in [-0.3, -0.25) is 5.84 Å². The topological polar surface area (TPSA) is 29.3 Å². The first-order valence-electron chi connectivity index (χ1n) is 2.88. The summed E-state index contributed by atoms with van der Waals surface area (Å²) >= 11 is 2.04. The minimum Gasteiger partial charge on any atom is -0.269 e. The van der Waals surface area contributed by atoms with Gasteiger partial charge in [0.1, 0.15) is 0 Å². The maximum Gasteiger partial charge on any atom is 0.0214 e. The lowest BCUT2D eigenvalue weighted by atomic mass is 9.84. The summed E-state index contributed by atoms with van der Waals surface area (Å²) in [5, 5.41) is 1.90. The van der Waals surface area contributed by atoms with Gasteiger partial charge < -0.3 is 0 Å². The summed E-state index contributed by atoms with van der Waals surface area (Å²) < 4.78 is 0. The van der Waals surface area contributed by atoms with Crippen LogP contribution < -0.4 is 5.84 Å². The van der Waals surface area contributed by atoms with Crippen LogP contribution in [0.4, 0.5) is 0 Å². The fourth-order valence-electron chi connectivity index (χ4n) is 1.39. The van der Waals surface area contributed by atoms with Gasteiger partial charge in [-0.15, -0.1) is 0 Å². The van der Waals surface area contributed by atoms with E-state index in [1.165, 1.54) is 11.5 Å². The third-order valence-electron chi connectivity index (χ3n) is 1.89. The molecule has 0 unspecified atom stereocenters. The third kappa shape index (κ3) is 0.522. The van der Waals surface area contributed by atoms with Crippen LogP contribution in [-0.2, 0) is 0 Å². The molecule has 0 bridgehead atoms. The van der Waals surface area contributed by atoms with Crippen molar-refractivity contribution in [2.24, 2.45) is 11.3 Å². The van der Waals surface area contributed by atoms with Crippen molar-refractivity contribution in [3.05, 3.63) is 0 Å². The Morgan fingerprint density at radius 2 is 2.00 bits per heavy atom. The molecule has 0 aromatic rings. The first-order chi connectivity index (χ1) is 3.81. The van der Waals surface area contributed by atoms with E-state index in [4.69, 9.17) is 5.84 Å². The van der Waals surface area contributed by atoms with Crippen LogP contribution in [-0.4, -0.2) is 29.6 Å². The number of rotatable bonds is 0. The van der Waals surface area contributed by atoms with Crippen molar-refractivity contribution in [1.82, 2.24) is 5.01 Å². The van der Waals surface area contributed by atoms with Crippen molar-refractivity contribution in [2.75, 3.05) is 24.6 Å². The Hall–Kier alpha value is 0.270. The average Bonchev–Trinajstić information content (AvgIpc) is 1.51. The molecular weight excluding hydrogens is 120 g/mol. The molecule has 2 rings (SSSR count). The van der Waals surface area contributed by atoms with E-state index in [-0.39, 0.29) is 0 Å². The van der Waals surface area contributed by atoms with Gasteiger partial charge in [-0.25, -0.2) is 5.01 Å². The lowest BCUT2D eigenvalue weighted by Crippen LogP contribution is -2.65. The fourth-order valence-corrected chi connectivity index (χ4v) is 2.54.